The number of rotatable bonds is 2. The number of hydrogen-bond donors (Lipinski definition) is 1. The molecule has 0 saturated carbocycles. The molecule has 0 aliphatic rings. The lowest BCUT2D eigenvalue weighted by molar-refractivity contribution is 0.374. The average molecular weight is 106 g/mol. The van der Waals surface area contributed by atoms with Crippen LogP contribution in [0.3, 0.4) is 0 Å². The Balaban J connectivity index is 2.63. The van der Waals surface area contributed by atoms with Gasteiger partial charge in [-0.3, -0.25) is 0 Å². The van der Waals surface area contributed by atoms with E-state index in [0.717, 1.165) is 0 Å². The highest BCUT2D eigenvalue weighted by Gasteiger charge is 1.86. The zero-order chi connectivity index (χ0) is 4.99. The van der Waals surface area contributed by atoms with Crippen LogP contribution in [0, 0.1) is 0 Å². The van der Waals surface area contributed by atoms with Crippen LogP contribution >= 0.6 is 11.8 Å². The smallest absolute Gasteiger partial charge is 0.0888 e. The molecule has 0 aromatic rings. The van der Waals surface area contributed by atoms with Gasteiger partial charge in [0.05, 0.1) is 5.94 Å². The van der Waals surface area contributed by atoms with Gasteiger partial charge < -0.3 is 5.11 Å². The lowest BCUT2D eigenvalue weighted by atomic mass is 10.6. The Labute approximate surface area is 42.8 Å². The summed E-state index contributed by atoms with van der Waals surface area (Å²) in [4.78, 5) is 0. The predicted molar refractivity (Wildman–Crippen MR) is 29.8 cm³/mol. The molecule has 0 aromatic carbocycles. The Kier molecular flexibility index (Phi) is 3.68. The topological polar surface area (TPSA) is 20.2 Å². The van der Waals surface area contributed by atoms with Crippen LogP contribution in [0.4, 0.5) is 0 Å². The number of aliphatic hydroxyl groups excluding tert-OH is 1. The summed E-state index contributed by atoms with van der Waals surface area (Å²) in [6.07, 6.45) is 0. The highest BCUT2D eigenvalue weighted by atomic mass is 32.2. The van der Waals surface area contributed by atoms with E-state index >= 15 is 0 Å². The Morgan fingerprint density at radius 3 is 2.17 bits per heavy atom. The quantitative estimate of drug-likeness (QED) is 0.531. The highest BCUT2D eigenvalue weighted by Crippen LogP contribution is 2.04. The molecule has 0 fully saturated rings. The van der Waals surface area contributed by atoms with Crippen LogP contribution < -0.4 is 0 Å². The van der Waals surface area contributed by atoms with Gasteiger partial charge in [-0.15, -0.1) is 11.8 Å². The van der Waals surface area contributed by atoms with Gasteiger partial charge in [0, 0.05) is 5.25 Å². The highest BCUT2D eigenvalue weighted by molar-refractivity contribution is 7.99. The van der Waals surface area contributed by atoms with E-state index in [4.69, 9.17) is 5.11 Å². The second-order valence-corrected chi connectivity index (χ2v) is 2.88. The Bertz CT molecular complexity index is 28.7. The summed E-state index contributed by atoms with van der Waals surface area (Å²) < 4.78 is 0. The molecular weight excluding hydrogens is 96.1 g/mol. The van der Waals surface area contributed by atoms with Crippen LogP contribution in [-0.2, 0) is 0 Å². The third-order valence-electron chi connectivity index (χ3n) is 0.408. The first-order valence-electron chi connectivity index (χ1n) is 2.00. The molecule has 0 aliphatic heterocycles. The van der Waals surface area contributed by atoms with E-state index in [0.29, 0.717) is 5.25 Å². The molecule has 0 bridgehead atoms. The van der Waals surface area contributed by atoms with Gasteiger partial charge in [0.25, 0.3) is 0 Å². The number of hydrogen-bond acceptors (Lipinski definition) is 2. The summed E-state index contributed by atoms with van der Waals surface area (Å²) >= 11 is 1.54. The maximum Gasteiger partial charge on any atom is 0.0888 e. The van der Waals surface area contributed by atoms with Crippen molar-refractivity contribution in [3.63, 3.8) is 0 Å². The zero-order valence-electron chi connectivity index (χ0n) is 4.14. The summed E-state index contributed by atoms with van der Waals surface area (Å²) in [5, 5.41) is 8.76. The first-order chi connectivity index (χ1) is 2.77. The third-order valence-corrected chi connectivity index (χ3v) is 1.22. The van der Waals surface area contributed by atoms with E-state index in [2.05, 4.69) is 13.8 Å². The molecule has 0 heterocycles. The van der Waals surface area contributed by atoms with Crippen LogP contribution in [0.2, 0.25) is 0 Å². The molecule has 0 unspecified atom stereocenters. The normalized spacial score (nSPS) is 10.0. The van der Waals surface area contributed by atoms with E-state index in [-0.39, 0.29) is 5.94 Å². The van der Waals surface area contributed by atoms with E-state index < -0.39 is 0 Å². The maximum absolute atomic E-state index is 8.20. The minimum absolute atomic E-state index is 0.248. The second-order valence-electron chi connectivity index (χ2n) is 1.34. The molecule has 0 aromatic heterocycles. The SMILES string of the molecule is CC(C)SCO. The Morgan fingerprint density at radius 1 is 1.67 bits per heavy atom. The summed E-state index contributed by atoms with van der Waals surface area (Å²) in [6, 6.07) is 0. The number of thioether (sulfide) groups is 1. The van der Waals surface area contributed by atoms with Crippen molar-refractivity contribution in [2.45, 2.75) is 19.1 Å². The van der Waals surface area contributed by atoms with Gasteiger partial charge in [0.2, 0.25) is 0 Å². The summed E-state index contributed by atoms with van der Waals surface area (Å²) in [5.74, 6) is 0.248. The molecule has 0 radical (unpaired) electrons. The van der Waals surface area contributed by atoms with Crippen molar-refractivity contribution in [2.24, 2.45) is 0 Å². The molecule has 2 heteroatoms. The Morgan fingerprint density at radius 2 is 2.17 bits per heavy atom. The lowest BCUT2D eigenvalue weighted by Crippen LogP contribution is -1.86. The Hall–Kier alpha value is 0.310. The van der Waals surface area contributed by atoms with E-state index in [1.54, 1.807) is 11.8 Å². The molecule has 0 rings (SSSR count). The fourth-order valence-corrected chi connectivity index (χ4v) is 0.447. The first kappa shape index (κ1) is 6.31. The van der Waals surface area contributed by atoms with Crippen LogP contribution in [0.25, 0.3) is 0 Å². The predicted octanol–water partition coefficient (Wildman–Crippen LogP) is 1.08. The molecule has 0 spiro atoms. The van der Waals surface area contributed by atoms with Crippen molar-refractivity contribution in [1.82, 2.24) is 0 Å². The van der Waals surface area contributed by atoms with Crippen molar-refractivity contribution in [3.8, 4) is 0 Å². The summed E-state index contributed by atoms with van der Waals surface area (Å²) in [5.41, 5.74) is 0. The van der Waals surface area contributed by atoms with E-state index in [1.165, 1.54) is 0 Å². The summed E-state index contributed by atoms with van der Waals surface area (Å²) in [6.45, 7) is 4.11. The molecule has 1 nitrogen and oxygen atoms in total. The minimum atomic E-state index is 0.248. The second kappa shape index (κ2) is 3.50. The van der Waals surface area contributed by atoms with Gasteiger partial charge in [-0.2, -0.15) is 0 Å². The zero-order valence-corrected chi connectivity index (χ0v) is 4.96. The van der Waals surface area contributed by atoms with Crippen molar-refractivity contribution in [3.05, 3.63) is 0 Å². The van der Waals surface area contributed by atoms with Crippen molar-refractivity contribution < 1.29 is 5.11 Å². The first-order valence-corrected chi connectivity index (χ1v) is 3.04. The van der Waals surface area contributed by atoms with Crippen LogP contribution in [0.1, 0.15) is 13.8 Å². The van der Waals surface area contributed by atoms with Crippen LogP contribution in [0.15, 0.2) is 0 Å². The van der Waals surface area contributed by atoms with Crippen molar-refractivity contribution >= 4 is 11.8 Å². The molecule has 6 heavy (non-hydrogen) atoms. The number of aliphatic hydroxyl groups is 1. The van der Waals surface area contributed by atoms with Gasteiger partial charge in [-0.25, -0.2) is 0 Å². The molecule has 0 amide bonds. The molecular formula is C4H10OS. The van der Waals surface area contributed by atoms with Crippen molar-refractivity contribution in [1.29, 1.82) is 0 Å². The largest absolute Gasteiger partial charge is 0.386 e. The van der Waals surface area contributed by atoms with E-state index in [9.17, 15) is 0 Å². The van der Waals surface area contributed by atoms with Gasteiger partial charge in [0.1, 0.15) is 0 Å². The standard InChI is InChI=1S/C4H10OS/c1-4(2)6-3-5/h4-5H,3H2,1-2H3. The molecule has 38 valence electrons. The average Bonchev–Trinajstić information content (AvgIpc) is 1.35. The molecule has 1 N–H and O–H groups in total. The third kappa shape index (κ3) is 4.31. The maximum atomic E-state index is 8.20. The van der Waals surface area contributed by atoms with Gasteiger partial charge in [0.15, 0.2) is 0 Å². The van der Waals surface area contributed by atoms with Crippen molar-refractivity contribution in [2.75, 3.05) is 5.94 Å². The molecule has 0 saturated heterocycles. The van der Waals surface area contributed by atoms with Crippen LogP contribution in [0.5, 0.6) is 0 Å². The monoisotopic (exact) mass is 106 g/mol. The molecule has 0 aliphatic carbocycles. The van der Waals surface area contributed by atoms with Crippen LogP contribution in [-0.4, -0.2) is 16.3 Å². The van der Waals surface area contributed by atoms with Gasteiger partial charge in [-0.05, 0) is 0 Å². The minimum Gasteiger partial charge on any atom is -0.386 e. The van der Waals surface area contributed by atoms with Gasteiger partial charge >= 0.3 is 0 Å². The molecule has 0 atom stereocenters. The fourth-order valence-electron chi connectivity index (χ4n) is 0.149. The van der Waals surface area contributed by atoms with E-state index in [1.807, 2.05) is 0 Å². The van der Waals surface area contributed by atoms with Gasteiger partial charge in [-0.1, -0.05) is 13.8 Å². The fraction of sp³-hybridized carbons (Fsp3) is 1.00. The summed E-state index contributed by atoms with van der Waals surface area (Å²) in [7, 11) is 0. The lowest BCUT2D eigenvalue weighted by Gasteiger charge is -1.95.